The number of aryl methyl sites for hydroxylation is 1. The largest absolute Gasteiger partial charge is 0.383 e. The van der Waals surface area contributed by atoms with Gasteiger partial charge < -0.3 is 11.1 Å². The molecule has 0 unspecified atom stereocenters. The number of anilines is 3. The van der Waals surface area contributed by atoms with Crippen LogP contribution in [-0.4, -0.2) is 9.97 Å². The third-order valence-electron chi connectivity index (χ3n) is 2.83. The summed E-state index contributed by atoms with van der Waals surface area (Å²) in [5.74, 6) is 1.12. The molecule has 1 aromatic carbocycles. The Balaban J connectivity index is 2.42. The van der Waals surface area contributed by atoms with Gasteiger partial charge in [0.15, 0.2) is 0 Å². The lowest BCUT2D eigenvalue weighted by Gasteiger charge is -2.13. The van der Waals surface area contributed by atoms with Crippen LogP contribution in [0.3, 0.4) is 0 Å². The summed E-state index contributed by atoms with van der Waals surface area (Å²) in [4.78, 5) is 8.17. The summed E-state index contributed by atoms with van der Waals surface area (Å²) >= 11 is 12.3. The minimum atomic E-state index is 0.467. The van der Waals surface area contributed by atoms with E-state index in [2.05, 4.69) is 15.3 Å². The molecule has 2 rings (SSSR count). The summed E-state index contributed by atoms with van der Waals surface area (Å²) in [7, 11) is 0. The Morgan fingerprint density at radius 1 is 1.21 bits per heavy atom. The number of nitrogens with one attached hydrogen (secondary N) is 1. The smallest absolute Gasteiger partial charge is 0.139 e. The van der Waals surface area contributed by atoms with Crippen molar-refractivity contribution in [2.45, 2.75) is 20.3 Å². The zero-order valence-electron chi connectivity index (χ0n) is 10.7. The highest BCUT2D eigenvalue weighted by molar-refractivity contribution is 6.35. The van der Waals surface area contributed by atoms with Gasteiger partial charge in [0.25, 0.3) is 0 Å². The van der Waals surface area contributed by atoms with Gasteiger partial charge in [-0.05, 0) is 31.0 Å². The van der Waals surface area contributed by atoms with Gasteiger partial charge in [-0.3, -0.25) is 0 Å². The Morgan fingerprint density at radius 3 is 2.63 bits per heavy atom. The Labute approximate surface area is 122 Å². The van der Waals surface area contributed by atoms with E-state index in [1.54, 1.807) is 6.07 Å². The minimum absolute atomic E-state index is 0.467. The van der Waals surface area contributed by atoms with Crippen molar-refractivity contribution in [3.05, 3.63) is 39.6 Å². The number of aromatic nitrogens is 2. The monoisotopic (exact) mass is 296 g/mol. The second-order valence-corrected chi connectivity index (χ2v) is 4.96. The van der Waals surface area contributed by atoms with Crippen LogP contribution in [0.4, 0.5) is 17.3 Å². The summed E-state index contributed by atoms with van der Waals surface area (Å²) in [5, 5.41) is 4.38. The van der Waals surface area contributed by atoms with Crippen molar-refractivity contribution in [3.8, 4) is 0 Å². The molecule has 0 atom stereocenters. The standard InChI is InChI=1S/C13H14Cl2N4/c1-3-8-12(16)17-6-18-13(8)19-11-5-9(14)7(2)4-10(11)15/h4-6H,3H2,1-2H3,(H3,16,17,18,19). The maximum atomic E-state index is 6.19. The van der Waals surface area contributed by atoms with Gasteiger partial charge in [-0.25, -0.2) is 9.97 Å². The van der Waals surface area contributed by atoms with Gasteiger partial charge in [-0.1, -0.05) is 30.1 Å². The van der Waals surface area contributed by atoms with Crippen LogP contribution in [0.2, 0.25) is 10.0 Å². The molecule has 6 heteroatoms. The third-order valence-corrected chi connectivity index (χ3v) is 3.55. The Kier molecular flexibility index (Phi) is 4.12. The van der Waals surface area contributed by atoms with Crippen LogP contribution in [0.1, 0.15) is 18.1 Å². The average molecular weight is 297 g/mol. The number of hydrogen-bond acceptors (Lipinski definition) is 4. The molecule has 3 N–H and O–H groups in total. The lowest BCUT2D eigenvalue weighted by Crippen LogP contribution is -2.04. The van der Waals surface area contributed by atoms with Gasteiger partial charge >= 0.3 is 0 Å². The number of benzene rings is 1. The van der Waals surface area contributed by atoms with Gasteiger partial charge in [0.05, 0.1) is 10.7 Å². The topological polar surface area (TPSA) is 63.8 Å². The second-order valence-electron chi connectivity index (χ2n) is 4.15. The lowest BCUT2D eigenvalue weighted by molar-refractivity contribution is 1.06. The number of hydrogen-bond donors (Lipinski definition) is 2. The first kappa shape index (κ1) is 13.9. The van der Waals surface area contributed by atoms with Crippen molar-refractivity contribution in [2.75, 3.05) is 11.1 Å². The van der Waals surface area contributed by atoms with Gasteiger partial charge in [0.1, 0.15) is 18.0 Å². The van der Waals surface area contributed by atoms with E-state index in [9.17, 15) is 0 Å². The Hall–Kier alpha value is -1.52. The summed E-state index contributed by atoms with van der Waals surface area (Å²) in [5.41, 5.74) is 8.31. The molecule has 0 aliphatic rings. The first-order valence-corrected chi connectivity index (χ1v) is 6.60. The molecule has 0 saturated carbocycles. The van der Waals surface area contributed by atoms with Crippen molar-refractivity contribution < 1.29 is 0 Å². The molecule has 1 heterocycles. The molecule has 4 nitrogen and oxygen atoms in total. The van der Waals surface area contributed by atoms with Crippen molar-refractivity contribution in [2.24, 2.45) is 0 Å². The molecule has 100 valence electrons. The van der Waals surface area contributed by atoms with E-state index in [4.69, 9.17) is 28.9 Å². The van der Waals surface area contributed by atoms with Crippen LogP contribution >= 0.6 is 23.2 Å². The van der Waals surface area contributed by atoms with Crippen molar-refractivity contribution >= 4 is 40.5 Å². The summed E-state index contributed by atoms with van der Waals surface area (Å²) < 4.78 is 0. The summed E-state index contributed by atoms with van der Waals surface area (Å²) in [6.07, 6.45) is 2.15. The highest BCUT2D eigenvalue weighted by atomic mass is 35.5. The highest BCUT2D eigenvalue weighted by Gasteiger charge is 2.10. The second kappa shape index (κ2) is 5.63. The summed E-state index contributed by atoms with van der Waals surface area (Å²) in [6.45, 7) is 3.89. The molecular formula is C13H14Cl2N4. The lowest BCUT2D eigenvalue weighted by atomic mass is 10.2. The van der Waals surface area contributed by atoms with Gasteiger partial charge in [-0.2, -0.15) is 0 Å². The molecule has 0 spiro atoms. The van der Waals surface area contributed by atoms with Gasteiger partial charge in [0, 0.05) is 10.6 Å². The molecule has 0 aliphatic carbocycles. The number of nitrogen functional groups attached to an aromatic ring is 1. The fourth-order valence-electron chi connectivity index (χ4n) is 1.75. The zero-order chi connectivity index (χ0) is 14.0. The third kappa shape index (κ3) is 2.91. The van der Waals surface area contributed by atoms with Gasteiger partial charge in [-0.15, -0.1) is 0 Å². The van der Waals surface area contributed by atoms with E-state index in [1.165, 1.54) is 6.33 Å². The van der Waals surface area contributed by atoms with E-state index < -0.39 is 0 Å². The average Bonchev–Trinajstić information content (AvgIpc) is 2.36. The molecule has 0 radical (unpaired) electrons. The molecule has 0 saturated heterocycles. The zero-order valence-corrected chi connectivity index (χ0v) is 12.2. The van der Waals surface area contributed by atoms with E-state index in [-0.39, 0.29) is 0 Å². The Bertz CT molecular complexity index is 614. The molecule has 0 bridgehead atoms. The molecule has 0 amide bonds. The molecule has 1 aromatic heterocycles. The van der Waals surface area contributed by atoms with E-state index in [0.717, 1.165) is 17.5 Å². The molecule has 0 fully saturated rings. The number of halogens is 2. The van der Waals surface area contributed by atoms with E-state index in [1.807, 2.05) is 19.9 Å². The van der Waals surface area contributed by atoms with Crippen LogP contribution < -0.4 is 11.1 Å². The summed E-state index contributed by atoms with van der Waals surface area (Å²) in [6, 6.07) is 3.58. The normalized spacial score (nSPS) is 10.5. The quantitative estimate of drug-likeness (QED) is 0.899. The van der Waals surface area contributed by atoms with Gasteiger partial charge in [0.2, 0.25) is 0 Å². The van der Waals surface area contributed by atoms with Crippen molar-refractivity contribution in [1.82, 2.24) is 9.97 Å². The van der Waals surface area contributed by atoms with Crippen LogP contribution in [0, 0.1) is 6.92 Å². The molecule has 19 heavy (non-hydrogen) atoms. The number of nitrogens with two attached hydrogens (primary N) is 1. The molecular weight excluding hydrogens is 283 g/mol. The number of rotatable bonds is 3. The van der Waals surface area contributed by atoms with Crippen LogP contribution in [0.15, 0.2) is 18.5 Å². The van der Waals surface area contributed by atoms with Crippen molar-refractivity contribution in [1.29, 1.82) is 0 Å². The Morgan fingerprint density at radius 2 is 1.95 bits per heavy atom. The van der Waals surface area contributed by atoms with Crippen molar-refractivity contribution in [3.63, 3.8) is 0 Å². The van der Waals surface area contributed by atoms with E-state index in [0.29, 0.717) is 27.4 Å². The van der Waals surface area contributed by atoms with Crippen LogP contribution in [-0.2, 0) is 6.42 Å². The minimum Gasteiger partial charge on any atom is -0.383 e. The van der Waals surface area contributed by atoms with E-state index >= 15 is 0 Å². The SMILES string of the molecule is CCc1c(N)ncnc1Nc1cc(Cl)c(C)cc1Cl. The maximum absolute atomic E-state index is 6.19. The predicted octanol–water partition coefficient (Wildman–Crippen LogP) is 3.98. The fraction of sp³-hybridized carbons (Fsp3) is 0.231. The highest BCUT2D eigenvalue weighted by Crippen LogP contribution is 2.32. The maximum Gasteiger partial charge on any atom is 0.139 e. The first-order chi connectivity index (χ1) is 9.02. The first-order valence-electron chi connectivity index (χ1n) is 5.85. The van der Waals surface area contributed by atoms with Crippen LogP contribution in [0.5, 0.6) is 0 Å². The van der Waals surface area contributed by atoms with Crippen LogP contribution in [0.25, 0.3) is 0 Å². The number of nitrogens with zero attached hydrogens (tertiary/aromatic N) is 2. The molecule has 0 aliphatic heterocycles. The predicted molar refractivity (Wildman–Crippen MR) is 80.3 cm³/mol. The fourth-order valence-corrected chi connectivity index (χ4v) is 2.18. The molecule has 2 aromatic rings.